The molecule has 0 aromatic heterocycles. The lowest BCUT2D eigenvalue weighted by Crippen LogP contribution is -2.44. The van der Waals surface area contributed by atoms with Crippen LogP contribution in [-0.4, -0.2) is 51.3 Å². The quantitative estimate of drug-likeness (QED) is 0.456. The molecule has 0 spiro atoms. The topological polar surface area (TPSA) is 39.7 Å². The zero-order valence-corrected chi connectivity index (χ0v) is 16.5. The van der Waals surface area contributed by atoms with E-state index in [0.717, 1.165) is 25.6 Å². The molecule has 0 unspecified atom stereocenters. The second-order valence-electron chi connectivity index (χ2n) is 7.00. The third-order valence-electron chi connectivity index (χ3n) is 3.59. The van der Waals surface area contributed by atoms with Gasteiger partial charge in [0.05, 0.1) is 0 Å². The monoisotopic (exact) mass is 336 g/mol. The summed E-state index contributed by atoms with van der Waals surface area (Å²) in [4.78, 5) is 7.87. The van der Waals surface area contributed by atoms with Crippen LogP contribution in [0.4, 0.5) is 0 Å². The summed E-state index contributed by atoms with van der Waals surface area (Å²) < 4.78 is 0. The van der Waals surface area contributed by atoms with Crippen LogP contribution in [0.15, 0.2) is 28.1 Å². The van der Waals surface area contributed by atoms with E-state index in [1.807, 2.05) is 7.05 Å². The number of thioether (sulfide) groups is 1. The molecule has 1 rings (SSSR count). The standard InChI is InChI=1S/C18H32N4S/c1-14-8-9-15(16(10-14)23-7)11-20-17(19-4)21-12-18(2,3)13-22(5)6/h8-10H,11-13H2,1-7H3,(H2,19,20,21). The zero-order chi connectivity index (χ0) is 17.5. The van der Waals surface area contributed by atoms with Crippen LogP contribution in [0.2, 0.25) is 0 Å². The summed E-state index contributed by atoms with van der Waals surface area (Å²) in [6, 6.07) is 6.59. The molecule has 4 nitrogen and oxygen atoms in total. The molecule has 1 aromatic carbocycles. The fourth-order valence-electron chi connectivity index (χ4n) is 2.63. The van der Waals surface area contributed by atoms with Crippen molar-refractivity contribution in [2.45, 2.75) is 32.2 Å². The molecule has 0 bridgehead atoms. The smallest absolute Gasteiger partial charge is 0.191 e. The molecule has 130 valence electrons. The molecular weight excluding hydrogens is 304 g/mol. The lowest BCUT2D eigenvalue weighted by atomic mass is 9.93. The van der Waals surface area contributed by atoms with Gasteiger partial charge >= 0.3 is 0 Å². The maximum Gasteiger partial charge on any atom is 0.191 e. The Morgan fingerprint density at radius 2 is 1.96 bits per heavy atom. The van der Waals surface area contributed by atoms with Crippen molar-refractivity contribution in [2.24, 2.45) is 10.4 Å². The van der Waals surface area contributed by atoms with Gasteiger partial charge in [0.25, 0.3) is 0 Å². The van der Waals surface area contributed by atoms with Crippen molar-refractivity contribution >= 4 is 17.7 Å². The molecule has 0 amide bonds. The summed E-state index contributed by atoms with van der Waals surface area (Å²) in [5.74, 6) is 0.851. The molecule has 5 heteroatoms. The van der Waals surface area contributed by atoms with Crippen molar-refractivity contribution in [1.29, 1.82) is 0 Å². The van der Waals surface area contributed by atoms with E-state index in [-0.39, 0.29) is 5.41 Å². The Morgan fingerprint density at radius 3 is 2.52 bits per heavy atom. The number of nitrogens with zero attached hydrogens (tertiary/aromatic N) is 2. The van der Waals surface area contributed by atoms with Crippen LogP contribution in [0.1, 0.15) is 25.0 Å². The Morgan fingerprint density at radius 1 is 1.26 bits per heavy atom. The average molecular weight is 337 g/mol. The minimum absolute atomic E-state index is 0.190. The Bertz CT molecular complexity index is 524. The van der Waals surface area contributed by atoms with Crippen LogP contribution < -0.4 is 10.6 Å². The summed E-state index contributed by atoms with van der Waals surface area (Å²) in [6.45, 7) is 9.35. The average Bonchev–Trinajstić information content (AvgIpc) is 2.47. The number of guanidine groups is 1. The Balaban J connectivity index is 2.58. The molecule has 0 fully saturated rings. The van der Waals surface area contributed by atoms with Gasteiger partial charge in [-0.25, -0.2) is 0 Å². The number of nitrogens with one attached hydrogen (secondary N) is 2. The lowest BCUT2D eigenvalue weighted by Gasteiger charge is -2.29. The molecule has 0 saturated heterocycles. The van der Waals surface area contributed by atoms with Crippen molar-refractivity contribution < 1.29 is 0 Å². The first kappa shape index (κ1) is 19.8. The molecule has 1 aromatic rings. The summed E-state index contributed by atoms with van der Waals surface area (Å²) in [5.41, 5.74) is 2.79. The van der Waals surface area contributed by atoms with Crippen molar-refractivity contribution in [3.8, 4) is 0 Å². The number of rotatable bonds is 7. The van der Waals surface area contributed by atoms with E-state index in [1.54, 1.807) is 11.8 Å². The molecule has 0 aliphatic carbocycles. The van der Waals surface area contributed by atoms with Gasteiger partial charge in [-0.3, -0.25) is 4.99 Å². The van der Waals surface area contributed by atoms with E-state index in [4.69, 9.17) is 0 Å². The second kappa shape index (κ2) is 9.18. The van der Waals surface area contributed by atoms with E-state index in [9.17, 15) is 0 Å². The van der Waals surface area contributed by atoms with Gasteiger partial charge in [-0.1, -0.05) is 26.0 Å². The molecule has 0 aliphatic rings. The zero-order valence-electron chi connectivity index (χ0n) is 15.7. The Labute approximate surface area is 146 Å². The van der Waals surface area contributed by atoms with Crippen molar-refractivity contribution in [3.63, 3.8) is 0 Å². The molecule has 0 radical (unpaired) electrons. The number of hydrogen-bond donors (Lipinski definition) is 2. The van der Waals surface area contributed by atoms with Crippen LogP contribution in [-0.2, 0) is 6.54 Å². The predicted octanol–water partition coefficient (Wildman–Crippen LogP) is 2.97. The normalized spacial score (nSPS) is 12.6. The third kappa shape index (κ3) is 7.27. The fraction of sp³-hybridized carbons (Fsp3) is 0.611. The lowest BCUT2D eigenvalue weighted by molar-refractivity contribution is 0.241. The van der Waals surface area contributed by atoms with Gasteiger partial charge in [0.15, 0.2) is 5.96 Å². The number of benzene rings is 1. The SMILES string of the molecule is CN=C(NCc1ccc(C)cc1SC)NCC(C)(C)CN(C)C. The number of aliphatic imine (C=N–C) groups is 1. The van der Waals surface area contributed by atoms with Gasteiger partial charge < -0.3 is 15.5 Å². The van der Waals surface area contributed by atoms with Gasteiger partial charge in [-0.15, -0.1) is 11.8 Å². The van der Waals surface area contributed by atoms with Crippen LogP contribution in [0.3, 0.4) is 0 Å². The largest absolute Gasteiger partial charge is 0.356 e. The summed E-state index contributed by atoms with van der Waals surface area (Å²) in [5, 5.41) is 6.86. The first-order chi connectivity index (χ1) is 10.8. The Kier molecular flexibility index (Phi) is 7.92. The van der Waals surface area contributed by atoms with Gasteiger partial charge in [-0.2, -0.15) is 0 Å². The van der Waals surface area contributed by atoms with Crippen LogP contribution in [0.25, 0.3) is 0 Å². The predicted molar refractivity (Wildman–Crippen MR) is 103 cm³/mol. The second-order valence-corrected chi connectivity index (χ2v) is 7.84. The molecule has 0 saturated carbocycles. The highest BCUT2D eigenvalue weighted by Crippen LogP contribution is 2.21. The maximum absolute atomic E-state index is 4.33. The highest BCUT2D eigenvalue weighted by molar-refractivity contribution is 7.98. The van der Waals surface area contributed by atoms with Crippen LogP contribution in [0, 0.1) is 12.3 Å². The van der Waals surface area contributed by atoms with Gasteiger partial charge in [0.2, 0.25) is 0 Å². The Hall–Kier alpha value is -1.20. The summed E-state index contributed by atoms with van der Waals surface area (Å²) in [7, 11) is 6.03. The van der Waals surface area contributed by atoms with E-state index >= 15 is 0 Å². The third-order valence-corrected chi connectivity index (χ3v) is 4.41. The van der Waals surface area contributed by atoms with Crippen LogP contribution in [0.5, 0.6) is 0 Å². The molecule has 2 N–H and O–H groups in total. The van der Waals surface area contributed by atoms with Gasteiger partial charge in [-0.05, 0) is 49.9 Å². The molecule has 0 aliphatic heterocycles. The van der Waals surface area contributed by atoms with Gasteiger partial charge in [0.1, 0.15) is 0 Å². The van der Waals surface area contributed by atoms with Crippen molar-refractivity contribution in [2.75, 3.05) is 40.5 Å². The van der Waals surface area contributed by atoms with E-state index in [2.05, 4.69) is 79.8 Å². The molecule has 0 atom stereocenters. The van der Waals surface area contributed by atoms with Crippen molar-refractivity contribution in [1.82, 2.24) is 15.5 Å². The fourth-order valence-corrected chi connectivity index (χ4v) is 3.34. The maximum atomic E-state index is 4.33. The highest BCUT2D eigenvalue weighted by atomic mass is 32.2. The van der Waals surface area contributed by atoms with Gasteiger partial charge in [0, 0.05) is 31.6 Å². The number of aryl methyl sites for hydroxylation is 1. The van der Waals surface area contributed by atoms with Crippen molar-refractivity contribution in [3.05, 3.63) is 29.3 Å². The first-order valence-corrected chi connectivity index (χ1v) is 9.22. The summed E-state index contributed by atoms with van der Waals surface area (Å²) in [6.07, 6.45) is 2.12. The van der Waals surface area contributed by atoms with Crippen LogP contribution >= 0.6 is 11.8 Å². The molecule has 23 heavy (non-hydrogen) atoms. The molecule has 0 heterocycles. The first-order valence-electron chi connectivity index (χ1n) is 8.00. The summed E-state index contributed by atoms with van der Waals surface area (Å²) >= 11 is 1.79. The van der Waals surface area contributed by atoms with E-state index in [0.29, 0.717) is 0 Å². The van der Waals surface area contributed by atoms with E-state index in [1.165, 1.54) is 16.0 Å². The van der Waals surface area contributed by atoms with E-state index < -0.39 is 0 Å². The number of hydrogen-bond acceptors (Lipinski definition) is 3. The molecular formula is C18H32N4S. The minimum atomic E-state index is 0.190. The highest BCUT2D eigenvalue weighted by Gasteiger charge is 2.19. The minimum Gasteiger partial charge on any atom is -0.356 e.